The Balaban J connectivity index is 1.60. The van der Waals surface area contributed by atoms with Crippen LogP contribution < -0.4 is 9.47 Å². The van der Waals surface area contributed by atoms with Crippen molar-refractivity contribution in [1.29, 1.82) is 0 Å². The minimum atomic E-state index is -4.99. The zero-order chi connectivity index (χ0) is 19.4. The molecule has 1 atom stereocenters. The highest BCUT2D eigenvalue weighted by Gasteiger charge is 2.60. The second kappa shape index (κ2) is 5.56. The Hall–Kier alpha value is -2.88. The highest BCUT2D eigenvalue weighted by Crippen LogP contribution is 2.47. The molecule has 27 heavy (non-hydrogen) atoms. The van der Waals surface area contributed by atoms with Crippen molar-refractivity contribution in [2.24, 2.45) is 5.16 Å². The van der Waals surface area contributed by atoms with Crippen molar-refractivity contribution in [3.05, 3.63) is 48.0 Å². The number of alkyl halides is 5. The fourth-order valence-electron chi connectivity index (χ4n) is 2.77. The van der Waals surface area contributed by atoms with Crippen LogP contribution in [0.4, 0.5) is 22.0 Å². The van der Waals surface area contributed by atoms with Crippen LogP contribution >= 0.6 is 0 Å². The lowest BCUT2D eigenvalue weighted by Gasteiger charge is -2.22. The molecule has 142 valence electrons. The van der Waals surface area contributed by atoms with Crippen LogP contribution in [0.1, 0.15) is 12.0 Å². The van der Waals surface area contributed by atoms with E-state index in [-0.39, 0.29) is 22.8 Å². The van der Waals surface area contributed by atoms with Gasteiger partial charge in [-0.1, -0.05) is 41.6 Å². The second-order valence-corrected chi connectivity index (χ2v) is 5.97. The second-order valence-electron chi connectivity index (χ2n) is 5.97. The molecule has 0 aromatic heterocycles. The van der Waals surface area contributed by atoms with Gasteiger partial charge >= 0.3 is 18.3 Å². The van der Waals surface area contributed by atoms with Crippen molar-refractivity contribution < 1.29 is 41.4 Å². The van der Waals surface area contributed by atoms with Crippen LogP contribution in [0, 0.1) is 0 Å². The monoisotopic (exact) mass is 387 g/mol. The van der Waals surface area contributed by atoms with Crippen LogP contribution in [0.25, 0.3) is 11.1 Å². The SMILES string of the molecule is OC1(C(F)(F)F)CC(c2ccc(-c3cccc4c3OC(F)(F)O4)cc2)=NO1. The number of halogens is 5. The number of benzene rings is 2. The Morgan fingerprint density at radius 3 is 2.26 bits per heavy atom. The highest BCUT2D eigenvalue weighted by molar-refractivity contribution is 6.02. The number of nitrogens with zero attached hydrogens (tertiary/aromatic N) is 1. The lowest BCUT2D eigenvalue weighted by Crippen LogP contribution is -2.45. The average molecular weight is 387 g/mol. The number of fused-ring (bicyclic) bond motifs is 1. The van der Waals surface area contributed by atoms with Gasteiger partial charge in [-0.25, -0.2) is 0 Å². The summed E-state index contributed by atoms with van der Waals surface area (Å²) in [5.74, 6) is -3.62. The lowest BCUT2D eigenvalue weighted by atomic mass is 9.98. The molecule has 0 saturated heterocycles. The van der Waals surface area contributed by atoms with Crippen LogP contribution in [0.3, 0.4) is 0 Å². The summed E-state index contributed by atoms with van der Waals surface area (Å²) in [4.78, 5) is 4.17. The number of hydrogen-bond donors (Lipinski definition) is 1. The zero-order valence-electron chi connectivity index (χ0n) is 13.3. The van der Waals surface area contributed by atoms with Gasteiger partial charge in [0.1, 0.15) is 0 Å². The van der Waals surface area contributed by atoms with Crippen LogP contribution in [-0.2, 0) is 4.84 Å². The first-order chi connectivity index (χ1) is 12.6. The molecule has 0 radical (unpaired) electrons. The fourth-order valence-corrected chi connectivity index (χ4v) is 2.77. The van der Waals surface area contributed by atoms with Crippen LogP contribution in [0.5, 0.6) is 11.5 Å². The van der Waals surface area contributed by atoms with Gasteiger partial charge in [-0.3, -0.25) is 0 Å². The summed E-state index contributed by atoms with van der Waals surface area (Å²) >= 11 is 0. The molecule has 0 fully saturated rings. The Bertz CT molecular complexity index is 926. The molecule has 4 rings (SSSR count). The molecule has 0 spiro atoms. The molecule has 2 aliphatic rings. The van der Waals surface area contributed by atoms with E-state index in [9.17, 15) is 27.1 Å². The van der Waals surface area contributed by atoms with Crippen molar-refractivity contribution in [2.75, 3.05) is 0 Å². The van der Waals surface area contributed by atoms with Gasteiger partial charge in [0.15, 0.2) is 11.5 Å². The van der Waals surface area contributed by atoms with Crippen molar-refractivity contribution in [2.45, 2.75) is 24.7 Å². The molecule has 5 nitrogen and oxygen atoms in total. The van der Waals surface area contributed by atoms with Gasteiger partial charge in [-0.2, -0.15) is 13.2 Å². The molecule has 0 aliphatic carbocycles. The predicted molar refractivity (Wildman–Crippen MR) is 81.3 cm³/mol. The van der Waals surface area contributed by atoms with Gasteiger partial charge in [0.25, 0.3) is 0 Å². The number of aliphatic hydroxyl groups is 1. The van der Waals surface area contributed by atoms with Crippen LogP contribution in [0.2, 0.25) is 0 Å². The third-order valence-electron chi connectivity index (χ3n) is 4.11. The quantitative estimate of drug-likeness (QED) is 0.790. The van der Waals surface area contributed by atoms with E-state index in [1.54, 1.807) is 0 Å². The molecular formula is C17H10F5NO4. The van der Waals surface area contributed by atoms with Crippen molar-refractivity contribution >= 4 is 5.71 Å². The number of para-hydroxylation sites is 1. The molecule has 10 heteroatoms. The number of rotatable bonds is 2. The molecule has 2 aromatic rings. The van der Waals surface area contributed by atoms with Crippen molar-refractivity contribution in [1.82, 2.24) is 0 Å². The zero-order valence-corrected chi connectivity index (χ0v) is 13.3. The minimum Gasteiger partial charge on any atom is -0.395 e. The fraction of sp³-hybridized carbons (Fsp3) is 0.235. The van der Waals surface area contributed by atoms with E-state index in [2.05, 4.69) is 19.5 Å². The standard InChI is InChI=1S/C17H10F5NO4/c18-16(19,20)15(24)8-12(23-27-15)10-6-4-9(5-7-10)11-2-1-3-13-14(11)26-17(21,22)25-13/h1-7,24H,8H2. The predicted octanol–water partition coefficient (Wildman–Crippen LogP) is 4.05. The Kier molecular flexibility index (Phi) is 3.61. The molecule has 0 amide bonds. The van der Waals surface area contributed by atoms with Gasteiger partial charge in [-0.05, 0) is 17.2 Å². The third-order valence-corrected chi connectivity index (χ3v) is 4.11. The highest BCUT2D eigenvalue weighted by atomic mass is 19.4. The summed E-state index contributed by atoms with van der Waals surface area (Å²) in [6, 6.07) is 10.2. The summed E-state index contributed by atoms with van der Waals surface area (Å²) in [5.41, 5.74) is 0.995. The number of ether oxygens (including phenoxy) is 2. The van der Waals surface area contributed by atoms with Gasteiger partial charge in [0.2, 0.25) is 0 Å². The van der Waals surface area contributed by atoms with Gasteiger partial charge < -0.3 is 19.4 Å². The Labute approximate surface area is 148 Å². The first-order valence-electron chi connectivity index (χ1n) is 7.62. The molecule has 0 bridgehead atoms. The first-order valence-corrected chi connectivity index (χ1v) is 7.62. The molecule has 2 aromatic carbocycles. The Morgan fingerprint density at radius 1 is 0.963 bits per heavy atom. The van der Waals surface area contributed by atoms with E-state index in [0.717, 1.165) is 0 Å². The van der Waals surface area contributed by atoms with Crippen molar-refractivity contribution in [3.63, 3.8) is 0 Å². The largest absolute Gasteiger partial charge is 0.586 e. The lowest BCUT2D eigenvalue weighted by molar-refractivity contribution is -0.355. The van der Waals surface area contributed by atoms with Crippen molar-refractivity contribution in [3.8, 4) is 22.6 Å². The maximum absolute atomic E-state index is 13.3. The molecule has 2 aliphatic heterocycles. The first kappa shape index (κ1) is 17.5. The van der Waals surface area contributed by atoms with Gasteiger partial charge in [-0.15, -0.1) is 8.78 Å². The Morgan fingerprint density at radius 2 is 1.63 bits per heavy atom. The molecule has 1 unspecified atom stereocenters. The van der Waals surface area contributed by atoms with Crippen LogP contribution in [-0.4, -0.2) is 29.1 Å². The maximum Gasteiger partial charge on any atom is 0.586 e. The summed E-state index contributed by atoms with van der Waals surface area (Å²) < 4.78 is 73.8. The molecule has 2 heterocycles. The van der Waals surface area contributed by atoms with E-state index in [0.29, 0.717) is 11.1 Å². The summed E-state index contributed by atoms with van der Waals surface area (Å²) in [6.45, 7) is 0. The van der Waals surface area contributed by atoms with E-state index in [1.807, 2.05) is 0 Å². The van der Waals surface area contributed by atoms with Gasteiger partial charge in [0.05, 0.1) is 12.1 Å². The topological polar surface area (TPSA) is 60.3 Å². The maximum atomic E-state index is 13.3. The van der Waals surface area contributed by atoms with Gasteiger partial charge in [0, 0.05) is 5.56 Å². The normalized spacial score (nSPS) is 23.1. The molecule has 0 saturated carbocycles. The van der Waals surface area contributed by atoms with Crippen LogP contribution in [0.15, 0.2) is 47.6 Å². The third kappa shape index (κ3) is 2.95. The number of oxime groups is 1. The molecule has 1 N–H and O–H groups in total. The summed E-state index contributed by atoms with van der Waals surface area (Å²) in [5, 5.41) is 12.8. The average Bonchev–Trinajstić information content (AvgIpc) is 3.14. The van der Waals surface area contributed by atoms with E-state index in [4.69, 9.17) is 0 Å². The van der Waals surface area contributed by atoms with E-state index < -0.39 is 24.7 Å². The molecular weight excluding hydrogens is 377 g/mol. The number of hydrogen-bond acceptors (Lipinski definition) is 5. The van der Waals surface area contributed by atoms with E-state index in [1.165, 1.54) is 42.5 Å². The van der Waals surface area contributed by atoms with E-state index >= 15 is 0 Å². The minimum absolute atomic E-state index is 0.0919. The smallest absolute Gasteiger partial charge is 0.395 e. The summed E-state index contributed by atoms with van der Waals surface area (Å²) in [6.07, 6.45) is -9.62. The summed E-state index contributed by atoms with van der Waals surface area (Å²) in [7, 11) is 0.